The summed E-state index contributed by atoms with van der Waals surface area (Å²) in [6, 6.07) is 14.1. The zero-order valence-corrected chi connectivity index (χ0v) is 14.3. The van der Waals surface area contributed by atoms with E-state index in [4.69, 9.17) is 5.73 Å². The molecular formula is C21H23N3O. The van der Waals surface area contributed by atoms with Gasteiger partial charge in [-0.1, -0.05) is 24.3 Å². The summed E-state index contributed by atoms with van der Waals surface area (Å²) in [7, 11) is 0. The molecule has 1 aliphatic carbocycles. The molecule has 4 heteroatoms. The van der Waals surface area contributed by atoms with Crippen molar-refractivity contribution in [2.45, 2.75) is 32.2 Å². The molecule has 0 bridgehead atoms. The summed E-state index contributed by atoms with van der Waals surface area (Å²) in [5, 5.41) is 3.49. The highest BCUT2D eigenvalue weighted by molar-refractivity contribution is 5.99. The van der Waals surface area contributed by atoms with Gasteiger partial charge >= 0.3 is 0 Å². The van der Waals surface area contributed by atoms with Gasteiger partial charge in [0, 0.05) is 30.4 Å². The highest BCUT2D eigenvalue weighted by Crippen LogP contribution is 2.30. The fourth-order valence-corrected chi connectivity index (χ4v) is 3.85. The van der Waals surface area contributed by atoms with Gasteiger partial charge < -0.3 is 15.5 Å². The Bertz CT molecular complexity index is 926. The van der Waals surface area contributed by atoms with Crippen LogP contribution in [0.15, 0.2) is 48.7 Å². The van der Waals surface area contributed by atoms with Crippen LogP contribution in [0.4, 0.5) is 5.69 Å². The predicted octanol–water partition coefficient (Wildman–Crippen LogP) is 3.37. The predicted molar refractivity (Wildman–Crippen MR) is 101 cm³/mol. The van der Waals surface area contributed by atoms with E-state index in [1.807, 2.05) is 36.5 Å². The minimum atomic E-state index is 0.277. The van der Waals surface area contributed by atoms with E-state index in [1.54, 1.807) is 0 Å². The van der Waals surface area contributed by atoms with Gasteiger partial charge in [0.25, 0.3) is 0 Å². The zero-order chi connectivity index (χ0) is 17.2. The Hall–Kier alpha value is -2.59. The number of nitrogens with one attached hydrogen (secondary N) is 1. The quantitative estimate of drug-likeness (QED) is 0.556. The smallest absolute Gasteiger partial charge is 0.179 e. The average Bonchev–Trinajstić information content (AvgIpc) is 2.95. The van der Waals surface area contributed by atoms with Gasteiger partial charge in [-0.15, -0.1) is 0 Å². The van der Waals surface area contributed by atoms with E-state index in [9.17, 15) is 4.79 Å². The molecule has 3 aromatic rings. The molecule has 0 saturated carbocycles. The van der Waals surface area contributed by atoms with Crippen LogP contribution in [-0.2, 0) is 19.4 Å². The Kier molecular flexibility index (Phi) is 4.28. The van der Waals surface area contributed by atoms with Gasteiger partial charge in [0.05, 0.1) is 5.69 Å². The molecule has 2 heterocycles. The maximum atomic E-state index is 12.4. The topological polar surface area (TPSA) is 59.5 Å². The van der Waals surface area contributed by atoms with Gasteiger partial charge in [-0.3, -0.25) is 4.79 Å². The number of hydrogen-bond donors (Lipinski definition) is 2. The van der Waals surface area contributed by atoms with Gasteiger partial charge in [-0.2, -0.15) is 0 Å². The van der Waals surface area contributed by atoms with Crippen molar-refractivity contribution in [1.82, 2.24) is 9.72 Å². The third-order valence-corrected chi connectivity index (χ3v) is 5.08. The maximum Gasteiger partial charge on any atom is 0.179 e. The summed E-state index contributed by atoms with van der Waals surface area (Å²) in [6.45, 7) is 1.63. The summed E-state index contributed by atoms with van der Waals surface area (Å²) in [6.07, 6.45) is 5.56. The molecule has 0 saturated heterocycles. The van der Waals surface area contributed by atoms with Crippen LogP contribution in [0.1, 0.15) is 40.0 Å². The van der Waals surface area contributed by atoms with E-state index in [0.717, 1.165) is 49.3 Å². The first-order chi connectivity index (χ1) is 12.3. The third kappa shape index (κ3) is 2.94. The molecule has 0 radical (unpaired) electrons. The standard InChI is InChI=1S/C21H23N3O/c22-18-8-2-1-6-15(18)14-23-12-11-16-17-7-5-10-20(25)21(17)24-13-4-3-9-19(16)24/h1-4,6,8-9,13,23H,5,7,10-12,14,22H2. The molecule has 4 rings (SSSR count). The van der Waals surface area contributed by atoms with Crippen molar-refractivity contribution in [1.29, 1.82) is 0 Å². The van der Waals surface area contributed by atoms with Gasteiger partial charge in [0.15, 0.2) is 5.78 Å². The van der Waals surface area contributed by atoms with E-state index in [0.29, 0.717) is 6.42 Å². The Morgan fingerprint density at radius 1 is 1.08 bits per heavy atom. The molecule has 0 unspecified atom stereocenters. The van der Waals surface area contributed by atoms with Gasteiger partial charge in [0.2, 0.25) is 0 Å². The normalized spacial score (nSPS) is 14.0. The van der Waals surface area contributed by atoms with Gasteiger partial charge in [-0.05, 0) is 60.7 Å². The number of nitrogens with two attached hydrogens (primary N) is 1. The third-order valence-electron chi connectivity index (χ3n) is 5.08. The van der Waals surface area contributed by atoms with Gasteiger partial charge in [-0.25, -0.2) is 0 Å². The molecule has 0 atom stereocenters. The van der Waals surface area contributed by atoms with Gasteiger partial charge in [0.1, 0.15) is 0 Å². The first-order valence-corrected chi connectivity index (χ1v) is 8.94. The molecule has 2 aromatic heterocycles. The number of benzene rings is 1. The maximum absolute atomic E-state index is 12.4. The average molecular weight is 333 g/mol. The van der Waals surface area contributed by atoms with Crippen LogP contribution < -0.4 is 11.1 Å². The molecule has 128 valence electrons. The molecule has 1 aliphatic rings. The van der Waals surface area contributed by atoms with Crippen molar-refractivity contribution in [2.24, 2.45) is 0 Å². The van der Waals surface area contributed by atoms with E-state index < -0.39 is 0 Å². The van der Waals surface area contributed by atoms with E-state index in [-0.39, 0.29) is 5.78 Å². The van der Waals surface area contributed by atoms with Crippen LogP contribution in [0.5, 0.6) is 0 Å². The van der Waals surface area contributed by atoms with Crippen molar-refractivity contribution in [3.63, 3.8) is 0 Å². The lowest BCUT2D eigenvalue weighted by Crippen LogP contribution is -2.18. The number of nitrogens with zero attached hydrogens (tertiary/aromatic N) is 1. The zero-order valence-electron chi connectivity index (χ0n) is 14.3. The number of carbonyl (C=O) groups is 1. The molecule has 0 fully saturated rings. The lowest BCUT2D eigenvalue weighted by molar-refractivity contribution is 0.0966. The molecule has 0 aliphatic heterocycles. The molecule has 0 amide bonds. The number of para-hydroxylation sites is 1. The monoisotopic (exact) mass is 333 g/mol. The number of anilines is 1. The summed E-state index contributed by atoms with van der Waals surface area (Å²) in [5.74, 6) is 0.277. The first-order valence-electron chi connectivity index (χ1n) is 8.94. The van der Waals surface area contributed by atoms with E-state index in [1.165, 1.54) is 16.6 Å². The number of Topliss-reactive ketones (excluding diaryl/α,β-unsaturated/α-hetero) is 1. The molecule has 1 aromatic carbocycles. The number of rotatable bonds is 5. The van der Waals surface area contributed by atoms with Crippen LogP contribution in [0.2, 0.25) is 0 Å². The molecule has 0 spiro atoms. The van der Waals surface area contributed by atoms with Crippen LogP contribution in [0, 0.1) is 0 Å². The fourth-order valence-electron chi connectivity index (χ4n) is 3.85. The first kappa shape index (κ1) is 15.9. The molecule has 4 nitrogen and oxygen atoms in total. The molecule has 25 heavy (non-hydrogen) atoms. The van der Waals surface area contributed by atoms with E-state index >= 15 is 0 Å². The lowest BCUT2D eigenvalue weighted by atomic mass is 9.92. The van der Waals surface area contributed by atoms with Crippen LogP contribution in [-0.4, -0.2) is 16.7 Å². The van der Waals surface area contributed by atoms with Crippen molar-refractivity contribution < 1.29 is 4.79 Å². The summed E-state index contributed by atoms with van der Waals surface area (Å²) in [5.41, 5.74) is 12.6. The lowest BCUT2D eigenvalue weighted by Gasteiger charge is -2.13. The number of fused-ring (bicyclic) bond motifs is 3. The second-order valence-electron chi connectivity index (χ2n) is 6.66. The van der Waals surface area contributed by atoms with Crippen molar-refractivity contribution in [3.8, 4) is 0 Å². The Morgan fingerprint density at radius 2 is 1.92 bits per heavy atom. The molecule has 3 N–H and O–H groups in total. The second-order valence-corrected chi connectivity index (χ2v) is 6.66. The summed E-state index contributed by atoms with van der Waals surface area (Å²) in [4.78, 5) is 12.4. The highest BCUT2D eigenvalue weighted by atomic mass is 16.1. The largest absolute Gasteiger partial charge is 0.398 e. The Labute approximate surface area is 147 Å². The van der Waals surface area contributed by atoms with Crippen molar-refractivity contribution in [3.05, 3.63) is 71.0 Å². The number of hydrogen-bond acceptors (Lipinski definition) is 3. The minimum Gasteiger partial charge on any atom is -0.398 e. The van der Waals surface area contributed by atoms with Crippen LogP contribution in [0.3, 0.4) is 0 Å². The Balaban J connectivity index is 1.54. The van der Waals surface area contributed by atoms with Crippen LogP contribution in [0.25, 0.3) is 5.52 Å². The van der Waals surface area contributed by atoms with Crippen LogP contribution >= 0.6 is 0 Å². The van der Waals surface area contributed by atoms with E-state index in [2.05, 4.69) is 21.9 Å². The highest BCUT2D eigenvalue weighted by Gasteiger charge is 2.25. The minimum absolute atomic E-state index is 0.277. The number of carbonyl (C=O) groups excluding carboxylic acids is 1. The second kappa shape index (κ2) is 6.73. The summed E-state index contributed by atoms with van der Waals surface area (Å²) >= 11 is 0. The number of aromatic nitrogens is 1. The summed E-state index contributed by atoms with van der Waals surface area (Å²) < 4.78 is 2.08. The van der Waals surface area contributed by atoms with Crippen molar-refractivity contribution >= 4 is 17.0 Å². The van der Waals surface area contributed by atoms with Crippen molar-refractivity contribution in [2.75, 3.05) is 12.3 Å². The number of nitrogen functional groups attached to an aromatic ring is 1. The molecular weight excluding hydrogens is 310 g/mol. The number of ketones is 1. The number of pyridine rings is 1. The SMILES string of the molecule is Nc1ccccc1CNCCc1c2c(n3ccccc13)C(=O)CCC2. The Morgan fingerprint density at radius 3 is 2.80 bits per heavy atom. The fraction of sp³-hybridized carbons (Fsp3) is 0.286.